The highest BCUT2D eigenvalue weighted by Crippen LogP contribution is 2.28. The van der Waals surface area contributed by atoms with Crippen LogP contribution in [0.1, 0.15) is 25.1 Å². The molecule has 2 aromatic rings. The minimum Gasteiger partial charge on any atom is -0.452 e. The minimum absolute atomic E-state index is 0.182. The van der Waals surface area contributed by atoms with Gasteiger partial charge in [0.05, 0.1) is 18.5 Å². The Morgan fingerprint density at radius 2 is 2.00 bits per heavy atom. The van der Waals surface area contributed by atoms with Crippen LogP contribution >= 0.6 is 0 Å². The molecule has 0 bridgehead atoms. The first-order chi connectivity index (χ1) is 10.5. The summed E-state index contributed by atoms with van der Waals surface area (Å²) in [6, 6.07) is 11.3. The van der Waals surface area contributed by atoms with E-state index in [9.17, 15) is 10.1 Å². The predicted molar refractivity (Wildman–Crippen MR) is 83.0 cm³/mol. The van der Waals surface area contributed by atoms with Gasteiger partial charge in [0.25, 0.3) is 0 Å². The second kappa shape index (κ2) is 6.31. The summed E-state index contributed by atoms with van der Waals surface area (Å²) in [7, 11) is 1.32. The lowest BCUT2D eigenvalue weighted by Crippen LogP contribution is -2.38. The van der Waals surface area contributed by atoms with Crippen LogP contribution in [0.4, 0.5) is 10.6 Å². The Hall–Kier alpha value is -2.81. The molecule has 0 aliphatic heterocycles. The van der Waals surface area contributed by atoms with Gasteiger partial charge in [0.2, 0.25) is 0 Å². The van der Waals surface area contributed by atoms with Gasteiger partial charge in [0, 0.05) is 6.04 Å². The number of hydrogen-bond acceptors (Lipinski definition) is 4. The summed E-state index contributed by atoms with van der Waals surface area (Å²) in [5.74, 6) is 0.424. The quantitative estimate of drug-likeness (QED) is 0.873. The second-order valence-electron chi connectivity index (χ2n) is 5.08. The number of carbonyl (C=O) groups excluding carboxylic acids is 1. The monoisotopic (exact) mass is 298 g/mol. The average molecular weight is 298 g/mol. The standard InChI is InChI=1S/C16H18N4O2/c1-11(2)19(16(21)22-4)15-14(10-17)12(3)18-20(15)13-8-6-5-7-9-13/h5-9,11H,1-4H3. The molecule has 2 rings (SSSR count). The van der Waals surface area contributed by atoms with Gasteiger partial charge in [-0.2, -0.15) is 10.4 Å². The molecule has 0 unspecified atom stereocenters. The molecule has 0 N–H and O–H groups in total. The summed E-state index contributed by atoms with van der Waals surface area (Å²) in [4.78, 5) is 13.6. The molecule has 0 aliphatic carbocycles. The zero-order chi connectivity index (χ0) is 16.3. The van der Waals surface area contributed by atoms with E-state index in [2.05, 4.69) is 11.2 Å². The topological polar surface area (TPSA) is 71.2 Å². The molecule has 114 valence electrons. The first-order valence-corrected chi connectivity index (χ1v) is 6.93. The van der Waals surface area contributed by atoms with Crippen molar-refractivity contribution in [2.45, 2.75) is 26.8 Å². The van der Waals surface area contributed by atoms with Gasteiger partial charge in [0.1, 0.15) is 11.6 Å². The van der Waals surface area contributed by atoms with Crippen LogP contribution in [-0.2, 0) is 4.74 Å². The molecule has 0 aliphatic rings. The maximum Gasteiger partial charge on any atom is 0.415 e. The van der Waals surface area contributed by atoms with E-state index in [4.69, 9.17) is 4.74 Å². The number of carbonyl (C=O) groups is 1. The molecule has 1 amide bonds. The molecule has 1 heterocycles. The number of nitriles is 1. The Bertz CT molecular complexity index is 714. The molecule has 0 fully saturated rings. The summed E-state index contributed by atoms with van der Waals surface area (Å²) >= 11 is 0. The zero-order valence-corrected chi connectivity index (χ0v) is 13.1. The second-order valence-corrected chi connectivity index (χ2v) is 5.08. The molecule has 0 atom stereocenters. The zero-order valence-electron chi connectivity index (χ0n) is 13.1. The van der Waals surface area contributed by atoms with Crippen molar-refractivity contribution in [2.75, 3.05) is 12.0 Å². The van der Waals surface area contributed by atoms with E-state index in [0.29, 0.717) is 17.1 Å². The van der Waals surface area contributed by atoms with E-state index in [0.717, 1.165) is 5.69 Å². The number of anilines is 1. The Morgan fingerprint density at radius 3 is 2.50 bits per heavy atom. The van der Waals surface area contributed by atoms with Crippen molar-refractivity contribution in [1.29, 1.82) is 5.26 Å². The van der Waals surface area contributed by atoms with Crippen LogP contribution in [-0.4, -0.2) is 29.0 Å². The maximum absolute atomic E-state index is 12.2. The first kappa shape index (κ1) is 15.6. The van der Waals surface area contributed by atoms with E-state index in [1.807, 2.05) is 44.2 Å². The molecule has 0 saturated heterocycles. The van der Waals surface area contributed by atoms with Crippen molar-refractivity contribution >= 4 is 11.9 Å². The fraction of sp³-hybridized carbons (Fsp3) is 0.312. The number of benzene rings is 1. The number of methoxy groups -OCH3 is 1. The molecule has 1 aromatic heterocycles. The van der Waals surface area contributed by atoms with Crippen molar-refractivity contribution in [2.24, 2.45) is 0 Å². The van der Waals surface area contributed by atoms with Crippen LogP contribution in [0.2, 0.25) is 0 Å². The van der Waals surface area contributed by atoms with Crippen LogP contribution in [0.5, 0.6) is 0 Å². The molecule has 22 heavy (non-hydrogen) atoms. The van der Waals surface area contributed by atoms with E-state index < -0.39 is 6.09 Å². The Morgan fingerprint density at radius 1 is 1.36 bits per heavy atom. The summed E-state index contributed by atoms with van der Waals surface area (Å²) in [5, 5.41) is 13.9. The first-order valence-electron chi connectivity index (χ1n) is 6.93. The van der Waals surface area contributed by atoms with Gasteiger partial charge in [-0.3, -0.25) is 4.90 Å². The van der Waals surface area contributed by atoms with Gasteiger partial charge in [0.15, 0.2) is 5.82 Å². The van der Waals surface area contributed by atoms with Crippen molar-refractivity contribution < 1.29 is 9.53 Å². The van der Waals surface area contributed by atoms with E-state index in [-0.39, 0.29) is 6.04 Å². The van der Waals surface area contributed by atoms with Crippen LogP contribution in [0, 0.1) is 18.3 Å². The molecule has 0 saturated carbocycles. The number of hydrogen-bond donors (Lipinski definition) is 0. The van der Waals surface area contributed by atoms with Crippen molar-refractivity contribution in [1.82, 2.24) is 9.78 Å². The number of aryl methyl sites for hydroxylation is 1. The van der Waals surface area contributed by atoms with E-state index >= 15 is 0 Å². The average Bonchev–Trinajstić information content (AvgIpc) is 2.84. The van der Waals surface area contributed by atoms with Gasteiger partial charge in [-0.1, -0.05) is 18.2 Å². The minimum atomic E-state index is -0.524. The van der Waals surface area contributed by atoms with E-state index in [1.54, 1.807) is 11.6 Å². The van der Waals surface area contributed by atoms with Crippen LogP contribution in [0.3, 0.4) is 0 Å². The molecule has 1 aromatic carbocycles. The van der Waals surface area contributed by atoms with Crippen molar-refractivity contribution in [3.63, 3.8) is 0 Å². The number of para-hydroxylation sites is 1. The smallest absolute Gasteiger partial charge is 0.415 e. The third-order valence-electron chi connectivity index (χ3n) is 3.26. The van der Waals surface area contributed by atoms with Gasteiger partial charge in [-0.05, 0) is 32.9 Å². The fourth-order valence-corrected chi connectivity index (χ4v) is 2.26. The van der Waals surface area contributed by atoms with Gasteiger partial charge in [-0.25, -0.2) is 9.48 Å². The third-order valence-corrected chi connectivity index (χ3v) is 3.26. The molecule has 0 spiro atoms. The van der Waals surface area contributed by atoms with E-state index in [1.165, 1.54) is 12.0 Å². The van der Waals surface area contributed by atoms with Crippen molar-refractivity contribution in [3.05, 3.63) is 41.6 Å². The lowest BCUT2D eigenvalue weighted by atomic mass is 10.2. The lowest BCUT2D eigenvalue weighted by Gasteiger charge is -2.26. The largest absolute Gasteiger partial charge is 0.452 e. The molecule has 0 radical (unpaired) electrons. The summed E-state index contributed by atoms with van der Waals surface area (Å²) in [6.07, 6.45) is -0.524. The Labute approximate surface area is 129 Å². The maximum atomic E-state index is 12.2. The Kier molecular flexibility index (Phi) is 4.47. The summed E-state index contributed by atoms with van der Waals surface area (Å²) in [5.41, 5.74) is 1.70. The fourth-order valence-electron chi connectivity index (χ4n) is 2.26. The van der Waals surface area contributed by atoms with Gasteiger partial charge >= 0.3 is 6.09 Å². The normalized spacial score (nSPS) is 10.4. The molecular weight excluding hydrogens is 280 g/mol. The lowest BCUT2D eigenvalue weighted by molar-refractivity contribution is 0.176. The highest BCUT2D eigenvalue weighted by atomic mass is 16.5. The third kappa shape index (κ3) is 2.66. The summed E-state index contributed by atoms with van der Waals surface area (Å²) < 4.78 is 6.47. The molecule has 6 nitrogen and oxygen atoms in total. The number of rotatable bonds is 3. The summed E-state index contributed by atoms with van der Waals surface area (Å²) in [6.45, 7) is 5.46. The number of nitrogens with zero attached hydrogens (tertiary/aromatic N) is 4. The predicted octanol–water partition coefficient (Wildman–Crippen LogP) is 3.03. The number of amides is 1. The molecular formula is C16H18N4O2. The Balaban J connectivity index is 2.72. The molecule has 6 heteroatoms. The van der Waals surface area contributed by atoms with Crippen LogP contribution < -0.4 is 4.90 Å². The number of aromatic nitrogens is 2. The highest BCUT2D eigenvalue weighted by molar-refractivity contribution is 5.89. The van der Waals surface area contributed by atoms with Crippen LogP contribution in [0.15, 0.2) is 30.3 Å². The van der Waals surface area contributed by atoms with Gasteiger partial charge in [-0.15, -0.1) is 0 Å². The van der Waals surface area contributed by atoms with Gasteiger partial charge < -0.3 is 4.74 Å². The number of ether oxygens (including phenoxy) is 1. The highest BCUT2D eigenvalue weighted by Gasteiger charge is 2.29. The van der Waals surface area contributed by atoms with Crippen LogP contribution in [0.25, 0.3) is 5.69 Å². The van der Waals surface area contributed by atoms with Crippen molar-refractivity contribution in [3.8, 4) is 11.8 Å². The SMILES string of the molecule is COC(=O)N(c1c(C#N)c(C)nn1-c1ccccc1)C(C)C.